The predicted octanol–water partition coefficient (Wildman–Crippen LogP) is 5.08. The lowest BCUT2D eigenvalue weighted by molar-refractivity contribution is 0.0163. The van der Waals surface area contributed by atoms with Gasteiger partial charge >= 0.3 is 0 Å². The highest BCUT2D eigenvalue weighted by atomic mass is 35.5. The van der Waals surface area contributed by atoms with Gasteiger partial charge in [-0.3, -0.25) is 9.97 Å². The molecule has 2 aliphatic rings. The summed E-state index contributed by atoms with van der Waals surface area (Å²) in [6.45, 7) is 3.78. The van der Waals surface area contributed by atoms with Crippen molar-refractivity contribution in [3.05, 3.63) is 46.5 Å². The normalized spacial score (nSPS) is 31.5. The third kappa shape index (κ3) is 6.33. The van der Waals surface area contributed by atoms with Gasteiger partial charge in [0.15, 0.2) is 10.3 Å². The number of hydrogen-bond acceptors (Lipinski definition) is 6. The largest absolute Gasteiger partial charge is 0.390 e. The minimum Gasteiger partial charge on any atom is -0.390 e. The van der Waals surface area contributed by atoms with Gasteiger partial charge in [-0.1, -0.05) is 23.2 Å². The van der Waals surface area contributed by atoms with Crippen LogP contribution in [0.2, 0.25) is 10.3 Å². The van der Waals surface area contributed by atoms with Crippen LogP contribution in [0.4, 0.5) is 0 Å². The average Bonchev–Trinajstić information content (AvgIpc) is 2.70. The van der Waals surface area contributed by atoms with E-state index in [2.05, 4.69) is 19.9 Å². The maximum atomic E-state index is 9.84. The first kappa shape index (κ1) is 23.3. The van der Waals surface area contributed by atoms with Crippen LogP contribution in [0.15, 0.2) is 24.8 Å². The van der Waals surface area contributed by atoms with Gasteiger partial charge in [-0.2, -0.15) is 0 Å². The highest BCUT2D eigenvalue weighted by Gasteiger charge is 2.32. The van der Waals surface area contributed by atoms with Crippen molar-refractivity contribution < 1.29 is 10.2 Å². The molecule has 0 aliphatic heterocycles. The summed E-state index contributed by atoms with van der Waals surface area (Å²) in [7, 11) is 0. The average molecular weight is 453 g/mol. The van der Waals surface area contributed by atoms with E-state index in [0.717, 1.165) is 62.8 Å². The van der Waals surface area contributed by atoms with E-state index in [1.54, 1.807) is 24.8 Å². The molecule has 0 saturated heterocycles. The number of rotatable bonds is 2. The number of hydrogen-bond donors (Lipinski definition) is 2. The smallest absolute Gasteiger partial charge is 0.150 e. The Morgan fingerprint density at radius 2 is 0.967 bits per heavy atom. The molecule has 164 valence electrons. The zero-order valence-electron chi connectivity index (χ0n) is 17.6. The van der Waals surface area contributed by atoms with Crippen molar-refractivity contribution in [2.45, 2.75) is 88.3 Å². The topological polar surface area (TPSA) is 92.0 Å². The van der Waals surface area contributed by atoms with Crippen LogP contribution in [0.3, 0.4) is 0 Å². The van der Waals surface area contributed by atoms with Gasteiger partial charge in [0.2, 0.25) is 0 Å². The Morgan fingerprint density at radius 1 is 0.667 bits per heavy atom. The van der Waals surface area contributed by atoms with E-state index in [1.807, 2.05) is 13.8 Å². The summed E-state index contributed by atoms with van der Waals surface area (Å²) < 4.78 is 0. The minimum atomic E-state index is -0.509. The van der Waals surface area contributed by atoms with Crippen molar-refractivity contribution in [2.75, 3.05) is 0 Å². The van der Waals surface area contributed by atoms with Crippen molar-refractivity contribution in [3.63, 3.8) is 0 Å². The molecule has 0 spiro atoms. The Morgan fingerprint density at radius 3 is 1.27 bits per heavy atom. The van der Waals surface area contributed by atoms with Gasteiger partial charge in [0.05, 0.1) is 22.6 Å². The quantitative estimate of drug-likeness (QED) is 0.659. The van der Waals surface area contributed by atoms with Crippen LogP contribution in [0, 0.1) is 0 Å². The SMILES string of the molecule is CC1(O)CCC(c2nccnc2Cl)CC1.CC1(O)CCC(c2nccnc2Cl)CC1. The van der Waals surface area contributed by atoms with E-state index in [-0.39, 0.29) is 0 Å². The second-order valence-electron chi connectivity index (χ2n) is 9.01. The molecule has 2 heterocycles. The molecule has 0 radical (unpaired) electrons. The molecule has 6 nitrogen and oxygen atoms in total. The van der Waals surface area contributed by atoms with E-state index in [4.69, 9.17) is 23.2 Å². The number of nitrogens with zero attached hydrogens (tertiary/aromatic N) is 4. The lowest BCUT2D eigenvalue weighted by Crippen LogP contribution is -2.30. The van der Waals surface area contributed by atoms with Crippen LogP contribution < -0.4 is 0 Å². The van der Waals surface area contributed by atoms with E-state index >= 15 is 0 Å². The van der Waals surface area contributed by atoms with Gasteiger partial charge in [-0.05, 0) is 65.2 Å². The zero-order chi connectivity index (χ0) is 21.8. The van der Waals surface area contributed by atoms with E-state index in [0.29, 0.717) is 22.1 Å². The lowest BCUT2D eigenvalue weighted by atomic mass is 9.79. The monoisotopic (exact) mass is 452 g/mol. The minimum absolute atomic E-state index is 0.353. The number of halogens is 2. The fourth-order valence-corrected chi connectivity index (χ4v) is 4.76. The van der Waals surface area contributed by atoms with Gasteiger partial charge < -0.3 is 10.2 Å². The summed E-state index contributed by atoms with van der Waals surface area (Å²) in [5.41, 5.74) is 0.750. The summed E-state index contributed by atoms with van der Waals surface area (Å²) in [4.78, 5) is 16.6. The second kappa shape index (κ2) is 9.86. The van der Waals surface area contributed by atoms with E-state index in [1.165, 1.54) is 0 Å². The third-order valence-corrected chi connectivity index (χ3v) is 6.84. The maximum Gasteiger partial charge on any atom is 0.150 e. The Labute approximate surface area is 188 Å². The highest BCUT2D eigenvalue weighted by Crippen LogP contribution is 2.39. The molecule has 0 unspecified atom stereocenters. The molecule has 2 aromatic rings. The van der Waals surface area contributed by atoms with Crippen LogP contribution in [0.5, 0.6) is 0 Å². The molecule has 8 heteroatoms. The molecule has 0 aromatic carbocycles. The summed E-state index contributed by atoms with van der Waals surface area (Å²) in [6, 6.07) is 0. The van der Waals surface area contributed by atoms with Crippen molar-refractivity contribution in [2.24, 2.45) is 0 Å². The number of aromatic nitrogens is 4. The Hall–Kier alpha value is -1.34. The van der Waals surface area contributed by atoms with Gasteiger partial charge in [0, 0.05) is 36.6 Å². The van der Waals surface area contributed by atoms with Crippen molar-refractivity contribution in [1.29, 1.82) is 0 Å². The molecule has 2 fully saturated rings. The fraction of sp³-hybridized carbons (Fsp3) is 0.636. The van der Waals surface area contributed by atoms with E-state index < -0.39 is 11.2 Å². The second-order valence-corrected chi connectivity index (χ2v) is 9.72. The molecule has 0 atom stereocenters. The Bertz CT molecular complexity index is 758. The molecule has 0 bridgehead atoms. The molecule has 2 aliphatic carbocycles. The molecule has 0 amide bonds. The summed E-state index contributed by atoms with van der Waals surface area (Å²) in [5.74, 6) is 0.706. The van der Waals surface area contributed by atoms with Crippen molar-refractivity contribution in [1.82, 2.24) is 19.9 Å². The van der Waals surface area contributed by atoms with Crippen LogP contribution in [0.25, 0.3) is 0 Å². The highest BCUT2D eigenvalue weighted by molar-refractivity contribution is 6.30. The molecular formula is C22H30Cl2N4O2. The molecule has 4 rings (SSSR count). The first-order valence-electron chi connectivity index (χ1n) is 10.5. The van der Waals surface area contributed by atoms with Gasteiger partial charge in [0.25, 0.3) is 0 Å². The van der Waals surface area contributed by atoms with Crippen molar-refractivity contribution >= 4 is 23.2 Å². The zero-order valence-corrected chi connectivity index (χ0v) is 19.1. The molecule has 2 aromatic heterocycles. The lowest BCUT2D eigenvalue weighted by Gasteiger charge is -2.32. The first-order valence-corrected chi connectivity index (χ1v) is 11.3. The third-order valence-electron chi connectivity index (χ3n) is 6.26. The first-order chi connectivity index (χ1) is 14.2. The van der Waals surface area contributed by atoms with Crippen LogP contribution in [-0.4, -0.2) is 41.4 Å². The summed E-state index contributed by atoms with van der Waals surface area (Å²) >= 11 is 12.0. The predicted molar refractivity (Wildman–Crippen MR) is 118 cm³/mol. The van der Waals surface area contributed by atoms with Crippen molar-refractivity contribution in [3.8, 4) is 0 Å². The molecule has 2 saturated carbocycles. The number of aliphatic hydroxyl groups is 2. The summed E-state index contributed by atoms with van der Waals surface area (Å²) in [6.07, 6.45) is 13.5. The summed E-state index contributed by atoms with van der Waals surface area (Å²) in [5, 5.41) is 20.7. The van der Waals surface area contributed by atoms with Gasteiger partial charge in [-0.25, -0.2) is 9.97 Å². The van der Waals surface area contributed by atoms with Gasteiger partial charge in [0.1, 0.15) is 0 Å². The Kier molecular flexibility index (Phi) is 7.66. The standard InChI is InChI=1S/2C11H15ClN2O/c2*1-11(15)4-2-8(3-5-11)9-10(12)14-7-6-13-9/h2*6-8,15H,2-5H2,1H3. The van der Waals surface area contributed by atoms with Gasteiger partial charge in [-0.15, -0.1) is 0 Å². The Balaban J connectivity index is 0.000000171. The molecule has 2 N–H and O–H groups in total. The van der Waals surface area contributed by atoms with Crippen LogP contribution >= 0.6 is 23.2 Å². The fourth-order valence-electron chi connectivity index (χ4n) is 4.24. The van der Waals surface area contributed by atoms with E-state index in [9.17, 15) is 10.2 Å². The van der Waals surface area contributed by atoms with Crippen LogP contribution in [-0.2, 0) is 0 Å². The van der Waals surface area contributed by atoms with Crippen LogP contribution in [0.1, 0.15) is 88.4 Å². The maximum absolute atomic E-state index is 9.84. The molecule has 30 heavy (non-hydrogen) atoms. The molecular weight excluding hydrogens is 423 g/mol.